The average Bonchev–Trinajstić information content (AvgIpc) is 2.70. The molecule has 2 aromatic carbocycles. The van der Waals surface area contributed by atoms with Crippen LogP contribution in [0.4, 0.5) is 5.69 Å². The zero-order valence-electron chi connectivity index (χ0n) is 15.7. The number of unbranched alkanes of at least 4 members (excludes halogenated alkanes) is 2. The maximum atomic E-state index is 12.3. The number of nitrogens with one attached hydrogen (secondary N) is 1. The Hall–Kier alpha value is -3.02. The standard InChI is InChI=1S/C21H25NO5/c1-3-4-7-14-26-20(23)15-27-17-12-10-16(11-13-17)21(24)22-18-8-5-6-9-19(18)25-2/h5-6,8-13H,3-4,7,14-15H2,1-2H3,(H,22,24). The van der Waals surface area contributed by atoms with Gasteiger partial charge in [-0.2, -0.15) is 0 Å². The number of carbonyl (C=O) groups is 2. The number of esters is 1. The molecule has 0 aliphatic carbocycles. The van der Waals surface area contributed by atoms with Gasteiger partial charge >= 0.3 is 5.97 Å². The maximum absolute atomic E-state index is 12.3. The molecule has 0 bridgehead atoms. The Morgan fingerprint density at radius 3 is 2.44 bits per heavy atom. The van der Waals surface area contributed by atoms with E-state index < -0.39 is 5.97 Å². The molecule has 1 N–H and O–H groups in total. The Balaban J connectivity index is 1.83. The van der Waals surface area contributed by atoms with Crippen molar-refractivity contribution in [3.05, 3.63) is 54.1 Å². The van der Waals surface area contributed by atoms with Crippen LogP contribution in [0.1, 0.15) is 36.5 Å². The highest BCUT2D eigenvalue weighted by Gasteiger charge is 2.10. The molecule has 0 heterocycles. The van der Waals surface area contributed by atoms with E-state index in [-0.39, 0.29) is 12.5 Å². The lowest BCUT2D eigenvalue weighted by Gasteiger charge is -2.10. The molecule has 0 saturated carbocycles. The molecule has 2 rings (SSSR count). The molecule has 0 atom stereocenters. The number of benzene rings is 2. The van der Waals surface area contributed by atoms with Gasteiger partial charge < -0.3 is 19.5 Å². The van der Waals surface area contributed by atoms with E-state index in [1.165, 1.54) is 0 Å². The fraction of sp³-hybridized carbons (Fsp3) is 0.333. The minimum Gasteiger partial charge on any atom is -0.495 e. The van der Waals surface area contributed by atoms with Gasteiger partial charge in [-0.3, -0.25) is 4.79 Å². The van der Waals surface area contributed by atoms with Crippen molar-refractivity contribution in [2.24, 2.45) is 0 Å². The molecule has 0 fully saturated rings. The molecule has 2 aromatic rings. The topological polar surface area (TPSA) is 73.9 Å². The van der Waals surface area contributed by atoms with E-state index in [1.54, 1.807) is 43.5 Å². The van der Waals surface area contributed by atoms with Crippen molar-refractivity contribution >= 4 is 17.6 Å². The van der Waals surface area contributed by atoms with Gasteiger partial charge in [0.15, 0.2) is 6.61 Å². The predicted molar refractivity (Wildman–Crippen MR) is 103 cm³/mol. The zero-order chi connectivity index (χ0) is 19.5. The molecule has 1 amide bonds. The number of ether oxygens (including phenoxy) is 3. The number of para-hydroxylation sites is 2. The van der Waals surface area contributed by atoms with Crippen molar-refractivity contribution in [1.29, 1.82) is 0 Å². The fourth-order valence-corrected chi connectivity index (χ4v) is 2.37. The van der Waals surface area contributed by atoms with E-state index in [4.69, 9.17) is 14.2 Å². The first-order valence-electron chi connectivity index (χ1n) is 8.97. The summed E-state index contributed by atoms with van der Waals surface area (Å²) in [4.78, 5) is 23.9. The Morgan fingerprint density at radius 1 is 1.00 bits per heavy atom. The van der Waals surface area contributed by atoms with Crippen molar-refractivity contribution < 1.29 is 23.8 Å². The van der Waals surface area contributed by atoms with Crippen LogP contribution in [0.15, 0.2) is 48.5 Å². The SMILES string of the molecule is CCCCCOC(=O)COc1ccc(C(=O)Nc2ccccc2OC)cc1. The van der Waals surface area contributed by atoms with Crippen LogP contribution in [0, 0.1) is 0 Å². The highest BCUT2D eigenvalue weighted by molar-refractivity contribution is 6.05. The predicted octanol–water partition coefficient (Wildman–Crippen LogP) is 4.06. The zero-order valence-corrected chi connectivity index (χ0v) is 15.7. The second-order valence-electron chi connectivity index (χ2n) is 5.90. The Bertz CT molecular complexity index is 742. The number of rotatable bonds is 10. The highest BCUT2D eigenvalue weighted by Crippen LogP contribution is 2.24. The van der Waals surface area contributed by atoms with Crippen LogP contribution in [0.3, 0.4) is 0 Å². The minimum atomic E-state index is -0.399. The van der Waals surface area contributed by atoms with E-state index in [9.17, 15) is 9.59 Å². The minimum absolute atomic E-state index is 0.154. The van der Waals surface area contributed by atoms with E-state index >= 15 is 0 Å². The second kappa shape index (κ2) is 10.9. The average molecular weight is 371 g/mol. The molecule has 0 unspecified atom stereocenters. The summed E-state index contributed by atoms with van der Waals surface area (Å²) < 4.78 is 15.7. The normalized spacial score (nSPS) is 10.1. The van der Waals surface area contributed by atoms with Crippen LogP contribution >= 0.6 is 0 Å². The lowest BCUT2D eigenvalue weighted by molar-refractivity contribution is -0.146. The molecule has 0 radical (unpaired) electrons. The molecular formula is C21H25NO5. The van der Waals surface area contributed by atoms with Crippen molar-refractivity contribution in [3.8, 4) is 11.5 Å². The molecule has 0 aliphatic heterocycles. The summed E-state index contributed by atoms with van der Waals surface area (Å²) in [5.74, 6) is 0.420. The van der Waals surface area contributed by atoms with E-state index in [2.05, 4.69) is 12.2 Å². The Labute approximate surface area is 159 Å². The van der Waals surface area contributed by atoms with Crippen LogP contribution < -0.4 is 14.8 Å². The third-order valence-electron chi connectivity index (χ3n) is 3.84. The van der Waals surface area contributed by atoms with Gasteiger partial charge in [0.1, 0.15) is 11.5 Å². The monoisotopic (exact) mass is 371 g/mol. The van der Waals surface area contributed by atoms with Crippen LogP contribution in [-0.4, -0.2) is 32.2 Å². The van der Waals surface area contributed by atoms with Gasteiger partial charge in [0.05, 0.1) is 19.4 Å². The van der Waals surface area contributed by atoms with Crippen LogP contribution in [0.25, 0.3) is 0 Å². The van der Waals surface area contributed by atoms with Gasteiger partial charge in [-0.25, -0.2) is 4.79 Å². The van der Waals surface area contributed by atoms with E-state index in [0.717, 1.165) is 19.3 Å². The van der Waals surface area contributed by atoms with E-state index in [0.29, 0.717) is 29.4 Å². The molecule has 0 aromatic heterocycles. The first-order chi connectivity index (χ1) is 13.1. The summed E-state index contributed by atoms with van der Waals surface area (Å²) in [6.07, 6.45) is 2.97. The van der Waals surface area contributed by atoms with Crippen molar-refractivity contribution in [2.75, 3.05) is 25.6 Å². The summed E-state index contributed by atoms with van der Waals surface area (Å²) in [5, 5.41) is 2.80. The lowest BCUT2D eigenvalue weighted by atomic mass is 10.2. The summed E-state index contributed by atoms with van der Waals surface area (Å²) in [5.41, 5.74) is 1.06. The molecule has 6 heteroatoms. The Morgan fingerprint density at radius 2 is 1.74 bits per heavy atom. The van der Waals surface area contributed by atoms with Crippen LogP contribution in [0.2, 0.25) is 0 Å². The van der Waals surface area contributed by atoms with Crippen LogP contribution in [0.5, 0.6) is 11.5 Å². The first-order valence-corrected chi connectivity index (χ1v) is 8.97. The van der Waals surface area contributed by atoms with Gasteiger partial charge in [0.2, 0.25) is 0 Å². The molecule has 6 nitrogen and oxygen atoms in total. The largest absolute Gasteiger partial charge is 0.495 e. The third kappa shape index (κ3) is 6.66. The smallest absolute Gasteiger partial charge is 0.344 e. The maximum Gasteiger partial charge on any atom is 0.344 e. The van der Waals surface area contributed by atoms with Gasteiger partial charge in [0, 0.05) is 5.56 Å². The molecule has 144 valence electrons. The van der Waals surface area contributed by atoms with Crippen molar-refractivity contribution in [3.63, 3.8) is 0 Å². The second-order valence-corrected chi connectivity index (χ2v) is 5.90. The molecule has 0 spiro atoms. The van der Waals surface area contributed by atoms with Crippen LogP contribution in [-0.2, 0) is 9.53 Å². The molecule has 0 aliphatic rings. The fourth-order valence-electron chi connectivity index (χ4n) is 2.37. The first kappa shape index (κ1) is 20.3. The summed E-state index contributed by atoms with van der Waals surface area (Å²) in [7, 11) is 1.55. The quantitative estimate of drug-likeness (QED) is 0.504. The summed E-state index contributed by atoms with van der Waals surface area (Å²) in [6.45, 7) is 2.35. The van der Waals surface area contributed by atoms with E-state index in [1.807, 2.05) is 12.1 Å². The molecule has 0 saturated heterocycles. The molecule has 27 heavy (non-hydrogen) atoms. The third-order valence-corrected chi connectivity index (χ3v) is 3.84. The number of methoxy groups -OCH3 is 1. The summed E-state index contributed by atoms with van der Waals surface area (Å²) in [6, 6.07) is 13.7. The number of amides is 1. The number of hydrogen-bond donors (Lipinski definition) is 1. The van der Waals surface area contributed by atoms with Crippen molar-refractivity contribution in [2.45, 2.75) is 26.2 Å². The number of carbonyl (C=O) groups excluding carboxylic acids is 2. The van der Waals surface area contributed by atoms with Crippen molar-refractivity contribution in [1.82, 2.24) is 0 Å². The highest BCUT2D eigenvalue weighted by atomic mass is 16.6. The van der Waals surface area contributed by atoms with Gasteiger partial charge in [-0.05, 0) is 42.8 Å². The molecular weight excluding hydrogens is 346 g/mol. The van der Waals surface area contributed by atoms with Gasteiger partial charge in [-0.1, -0.05) is 31.9 Å². The van der Waals surface area contributed by atoms with Gasteiger partial charge in [-0.15, -0.1) is 0 Å². The number of hydrogen-bond acceptors (Lipinski definition) is 5. The van der Waals surface area contributed by atoms with Gasteiger partial charge in [0.25, 0.3) is 5.91 Å². The Kier molecular flexibility index (Phi) is 8.16. The number of anilines is 1. The summed E-state index contributed by atoms with van der Waals surface area (Å²) >= 11 is 0. The lowest BCUT2D eigenvalue weighted by Crippen LogP contribution is -2.16.